The molecule has 152 valence electrons. The number of carbonyl (C=O) groups is 3. The number of nitrogens with zero attached hydrogens (tertiary/aromatic N) is 1. The summed E-state index contributed by atoms with van der Waals surface area (Å²) >= 11 is 0. The Morgan fingerprint density at radius 2 is 1.86 bits per heavy atom. The Bertz CT molecular complexity index is 779. The van der Waals surface area contributed by atoms with Gasteiger partial charge in [0.05, 0.1) is 5.92 Å². The lowest BCUT2D eigenvalue weighted by Crippen LogP contribution is -2.41. The lowest BCUT2D eigenvalue weighted by Gasteiger charge is -2.33. The van der Waals surface area contributed by atoms with Crippen LogP contribution in [-0.4, -0.2) is 41.5 Å². The fraction of sp³-hybridized carbons (Fsp3) is 0.571. The molecule has 3 rings (SSSR count). The van der Waals surface area contributed by atoms with Crippen molar-refractivity contribution in [2.75, 3.05) is 13.1 Å². The predicted molar refractivity (Wildman–Crippen MR) is 101 cm³/mol. The second-order valence-electron chi connectivity index (χ2n) is 8.53. The number of imide groups is 1. The van der Waals surface area contributed by atoms with E-state index in [0.717, 1.165) is 0 Å². The smallest absolute Gasteiger partial charge is 0.410 e. The maximum atomic E-state index is 14.8. The number of amides is 3. The molecule has 0 bridgehead atoms. The molecule has 2 fully saturated rings. The molecule has 0 saturated carbocycles. The van der Waals surface area contributed by atoms with E-state index in [9.17, 15) is 18.8 Å². The Balaban J connectivity index is 1.63. The van der Waals surface area contributed by atoms with Crippen molar-refractivity contribution in [3.63, 3.8) is 0 Å². The van der Waals surface area contributed by atoms with Crippen molar-refractivity contribution in [1.82, 2.24) is 10.2 Å². The molecule has 1 aromatic rings. The monoisotopic (exact) mass is 390 g/mol. The van der Waals surface area contributed by atoms with E-state index in [4.69, 9.17) is 4.74 Å². The number of piperidine rings is 2. The first kappa shape index (κ1) is 20.3. The van der Waals surface area contributed by atoms with Crippen molar-refractivity contribution < 1.29 is 23.5 Å². The van der Waals surface area contributed by atoms with Crippen LogP contribution in [0.1, 0.15) is 69.4 Å². The molecule has 1 unspecified atom stereocenters. The number of halogens is 1. The van der Waals surface area contributed by atoms with Crippen LogP contribution >= 0.6 is 0 Å². The van der Waals surface area contributed by atoms with Crippen LogP contribution in [0.2, 0.25) is 0 Å². The Kier molecular flexibility index (Phi) is 5.72. The van der Waals surface area contributed by atoms with E-state index in [1.54, 1.807) is 17.0 Å². The fourth-order valence-electron chi connectivity index (χ4n) is 3.80. The average Bonchev–Trinajstić information content (AvgIpc) is 2.60. The van der Waals surface area contributed by atoms with Gasteiger partial charge in [-0.05, 0) is 63.1 Å². The second-order valence-corrected chi connectivity index (χ2v) is 8.53. The van der Waals surface area contributed by atoms with Gasteiger partial charge in [0.15, 0.2) is 0 Å². The first-order valence-electron chi connectivity index (χ1n) is 9.75. The van der Waals surface area contributed by atoms with E-state index in [1.165, 1.54) is 6.07 Å². The van der Waals surface area contributed by atoms with Crippen LogP contribution in [0.3, 0.4) is 0 Å². The summed E-state index contributed by atoms with van der Waals surface area (Å²) in [5.41, 5.74) is 0.670. The molecule has 6 nitrogen and oxygen atoms in total. The quantitative estimate of drug-likeness (QED) is 0.785. The van der Waals surface area contributed by atoms with Gasteiger partial charge in [-0.25, -0.2) is 9.18 Å². The van der Waals surface area contributed by atoms with Crippen LogP contribution in [0, 0.1) is 5.82 Å². The van der Waals surface area contributed by atoms with Gasteiger partial charge in [-0.1, -0.05) is 12.1 Å². The minimum Gasteiger partial charge on any atom is -0.444 e. The highest BCUT2D eigenvalue weighted by Gasteiger charge is 2.31. The van der Waals surface area contributed by atoms with Crippen molar-refractivity contribution in [2.24, 2.45) is 0 Å². The summed E-state index contributed by atoms with van der Waals surface area (Å²) < 4.78 is 20.2. The lowest BCUT2D eigenvalue weighted by atomic mass is 9.85. The molecule has 0 spiro atoms. The molecule has 0 aliphatic carbocycles. The Morgan fingerprint density at radius 1 is 1.18 bits per heavy atom. The molecule has 2 heterocycles. The first-order valence-corrected chi connectivity index (χ1v) is 9.75. The third-order valence-corrected chi connectivity index (χ3v) is 5.25. The minimum absolute atomic E-state index is 0.0227. The van der Waals surface area contributed by atoms with E-state index in [2.05, 4.69) is 5.32 Å². The lowest BCUT2D eigenvalue weighted by molar-refractivity contribution is -0.134. The van der Waals surface area contributed by atoms with Gasteiger partial charge >= 0.3 is 6.09 Å². The Labute approximate surface area is 164 Å². The third-order valence-electron chi connectivity index (χ3n) is 5.25. The van der Waals surface area contributed by atoms with E-state index in [1.807, 2.05) is 20.8 Å². The molecule has 0 aromatic heterocycles. The molecule has 2 aliphatic rings. The highest BCUT2D eigenvalue weighted by Crippen LogP contribution is 2.33. The molecule has 1 aromatic carbocycles. The van der Waals surface area contributed by atoms with Gasteiger partial charge in [0.2, 0.25) is 11.8 Å². The highest BCUT2D eigenvalue weighted by molar-refractivity contribution is 6.00. The van der Waals surface area contributed by atoms with Gasteiger partial charge in [-0.15, -0.1) is 0 Å². The summed E-state index contributed by atoms with van der Waals surface area (Å²) in [5.74, 6) is -1.45. The summed E-state index contributed by atoms with van der Waals surface area (Å²) in [7, 11) is 0. The molecule has 1 atom stereocenters. The highest BCUT2D eigenvalue weighted by atomic mass is 19.1. The zero-order chi connectivity index (χ0) is 20.5. The maximum absolute atomic E-state index is 14.8. The number of ether oxygens (including phenoxy) is 1. The molecule has 2 saturated heterocycles. The van der Waals surface area contributed by atoms with Gasteiger partial charge < -0.3 is 9.64 Å². The van der Waals surface area contributed by atoms with Gasteiger partial charge in [0.1, 0.15) is 11.4 Å². The van der Waals surface area contributed by atoms with Crippen LogP contribution in [-0.2, 0) is 14.3 Å². The molecule has 1 N–H and O–H groups in total. The number of rotatable bonds is 2. The topological polar surface area (TPSA) is 75.7 Å². The molecular weight excluding hydrogens is 363 g/mol. The van der Waals surface area contributed by atoms with Crippen LogP contribution < -0.4 is 5.32 Å². The first-order chi connectivity index (χ1) is 13.1. The largest absolute Gasteiger partial charge is 0.444 e. The SMILES string of the molecule is CC(C)(C)OC(=O)N1CCC(c2ccc(C3CCC(=O)NC3=O)cc2F)CC1. The van der Waals surface area contributed by atoms with E-state index in [-0.39, 0.29) is 36.1 Å². The van der Waals surface area contributed by atoms with E-state index in [0.29, 0.717) is 43.5 Å². The number of hydrogen-bond donors (Lipinski definition) is 1. The molecule has 2 aliphatic heterocycles. The van der Waals surface area contributed by atoms with Crippen LogP contribution in [0.5, 0.6) is 0 Å². The average molecular weight is 390 g/mol. The number of nitrogens with one attached hydrogen (secondary N) is 1. The zero-order valence-electron chi connectivity index (χ0n) is 16.6. The third kappa shape index (κ3) is 4.69. The van der Waals surface area contributed by atoms with Crippen molar-refractivity contribution >= 4 is 17.9 Å². The van der Waals surface area contributed by atoms with E-state index < -0.39 is 11.5 Å². The molecule has 0 radical (unpaired) electrons. The van der Waals surface area contributed by atoms with Crippen molar-refractivity contribution in [1.29, 1.82) is 0 Å². The summed E-state index contributed by atoms with van der Waals surface area (Å²) in [6.45, 7) is 6.53. The minimum atomic E-state index is -0.536. The Morgan fingerprint density at radius 3 is 2.43 bits per heavy atom. The molecule has 28 heavy (non-hydrogen) atoms. The molecule has 3 amide bonds. The van der Waals surface area contributed by atoms with Gasteiger partial charge in [0, 0.05) is 19.5 Å². The maximum Gasteiger partial charge on any atom is 0.410 e. The second kappa shape index (κ2) is 7.89. The van der Waals surface area contributed by atoms with Gasteiger partial charge in [-0.2, -0.15) is 0 Å². The van der Waals surface area contributed by atoms with Crippen LogP contribution in [0.4, 0.5) is 9.18 Å². The summed E-state index contributed by atoms with van der Waals surface area (Å²) in [6.07, 6.45) is 1.65. The summed E-state index contributed by atoms with van der Waals surface area (Å²) in [4.78, 5) is 37.1. The Hall–Kier alpha value is -2.44. The molecular formula is C21H27FN2O4. The van der Waals surface area contributed by atoms with E-state index >= 15 is 0 Å². The number of hydrogen-bond acceptors (Lipinski definition) is 4. The number of benzene rings is 1. The van der Waals surface area contributed by atoms with Crippen molar-refractivity contribution in [2.45, 2.75) is 63.9 Å². The number of likely N-dealkylation sites (tertiary alicyclic amines) is 1. The molecule has 7 heteroatoms. The standard InChI is InChI=1S/C21H27FN2O4/c1-21(2,3)28-20(27)24-10-8-13(9-11-24)15-5-4-14(12-17(15)22)16-6-7-18(25)23-19(16)26/h4-5,12-13,16H,6-11H2,1-3H3,(H,23,25,26). The number of carbonyl (C=O) groups excluding carboxylic acids is 3. The van der Waals surface area contributed by atoms with Crippen LogP contribution in [0.15, 0.2) is 18.2 Å². The summed E-state index contributed by atoms with van der Waals surface area (Å²) in [5, 5.41) is 2.31. The zero-order valence-corrected chi connectivity index (χ0v) is 16.6. The van der Waals surface area contributed by atoms with Crippen LogP contribution in [0.25, 0.3) is 0 Å². The normalized spacial score (nSPS) is 21.4. The fourth-order valence-corrected chi connectivity index (χ4v) is 3.80. The summed E-state index contributed by atoms with van der Waals surface area (Å²) in [6, 6.07) is 4.93. The predicted octanol–water partition coefficient (Wildman–Crippen LogP) is 3.46. The van der Waals surface area contributed by atoms with Crippen molar-refractivity contribution in [3.8, 4) is 0 Å². The van der Waals surface area contributed by atoms with Gasteiger partial charge in [0.25, 0.3) is 0 Å². The van der Waals surface area contributed by atoms with Gasteiger partial charge in [-0.3, -0.25) is 14.9 Å². The van der Waals surface area contributed by atoms with Crippen molar-refractivity contribution in [3.05, 3.63) is 35.1 Å².